The Bertz CT molecular complexity index is 858. The molecule has 0 saturated heterocycles. The molecular weight excluding hydrogens is 301 g/mol. The molecule has 0 N–H and O–H groups in total. The largest absolute Gasteiger partial charge is 0.414 e. The van der Waals surface area contributed by atoms with Crippen LogP contribution in [-0.2, 0) is 0 Å². The van der Waals surface area contributed by atoms with Gasteiger partial charge in [0.2, 0.25) is 5.89 Å². The van der Waals surface area contributed by atoms with Crippen LogP contribution >= 0.6 is 0 Å². The standard InChI is InChI=1S/C16H10FN3O3/c17-14(10-11-6-8-13(9-7-11)20(21)22)16-19-18-15(23-16)12-4-2-1-3-5-12/h1-10H/b14-10-. The molecule has 0 atom stereocenters. The van der Waals surface area contributed by atoms with Crippen molar-refractivity contribution in [2.24, 2.45) is 0 Å². The van der Waals surface area contributed by atoms with Gasteiger partial charge in [-0.2, -0.15) is 0 Å². The summed E-state index contributed by atoms with van der Waals surface area (Å²) in [5, 5.41) is 18.0. The molecule has 114 valence electrons. The summed E-state index contributed by atoms with van der Waals surface area (Å²) < 4.78 is 19.4. The Hall–Kier alpha value is -3.35. The summed E-state index contributed by atoms with van der Waals surface area (Å²) in [6.07, 6.45) is 1.17. The van der Waals surface area contributed by atoms with Gasteiger partial charge in [-0.25, -0.2) is 4.39 Å². The Morgan fingerprint density at radius 1 is 1.09 bits per heavy atom. The minimum absolute atomic E-state index is 0.0632. The number of aromatic nitrogens is 2. The molecule has 2 aromatic carbocycles. The van der Waals surface area contributed by atoms with Gasteiger partial charge in [0.05, 0.1) is 4.92 Å². The zero-order valence-corrected chi connectivity index (χ0v) is 11.7. The van der Waals surface area contributed by atoms with Crippen molar-refractivity contribution in [3.63, 3.8) is 0 Å². The van der Waals surface area contributed by atoms with Gasteiger partial charge in [-0.05, 0) is 35.9 Å². The number of halogens is 1. The van der Waals surface area contributed by atoms with Crippen molar-refractivity contribution in [3.05, 3.63) is 76.2 Å². The molecule has 0 radical (unpaired) electrons. The van der Waals surface area contributed by atoms with Crippen LogP contribution in [0.3, 0.4) is 0 Å². The van der Waals surface area contributed by atoms with Gasteiger partial charge >= 0.3 is 0 Å². The van der Waals surface area contributed by atoms with E-state index in [0.29, 0.717) is 11.1 Å². The zero-order chi connectivity index (χ0) is 16.2. The lowest BCUT2D eigenvalue weighted by Gasteiger charge is -1.95. The summed E-state index contributed by atoms with van der Waals surface area (Å²) in [6, 6.07) is 14.5. The monoisotopic (exact) mass is 311 g/mol. The Morgan fingerprint density at radius 2 is 1.78 bits per heavy atom. The van der Waals surface area contributed by atoms with Gasteiger partial charge < -0.3 is 4.42 Å². The third-order valence-corrected chi connectivity index (χ3v) is 3.05. The molecular formula is C16H10FN3O3. The fourth-order valence-electron chi connectivity index (χ4n) is 1.92. The van der Waals surface area contributed by atoms with Crippen LogP contribution in [-0.4, -0.2) is 15.1 Å². The van der Waals surface area contributed by atoms with Gasteiger partial charge in [0.1, 0.15) is 0 Å². The first-order valence-corrected chi connectivity index (χ1v) is 6.64. The van der Waals surface area contributed by atoms with E-state index in [1.807, 2.05) is 18.2 Å². The first kappa shape index (κ1) is 14.6. The molecule has 0 amide bonds. The van der Waals surface area contributed by atoms with Crippen LogP contribution in [0.4, 0.5) is 10.1 Å². The van der Waals surface area contributed by atoms with E-state index < -0.39 is 10.8 Å². The maximum atomic E-state index is 14.1. The molecule has 1 heterocycles. The topological polar surface area (TPSA) is 82.1 Å². The second kappa shape index (κ2) is 6.18. The molecule has 0 fully saturated rings. The van der Waals surface area contributed by atoms with Gasteiger partial charge in [0.15, 0.2) is 5.83 Å². The number of nitrogens with zero attached hydrogens (tertiary/aromatic N) is 3. The molecule has 23 heavy (non-hydrogen) atoms. The number of hydrogen-bond acceptors (Lipinski definition) is 5. The Kier molecular flexibility index (Phi) is 3.92. The van der Waals surface area contributed by atoms with E-state index in [2.05, 4.69) is 10.2 Å². The van der Waals surface area contributed by atoms with Crippen molar-refractivity contribution in [1.29, 1.82) is 0 Å². The normalized spacial score (nSPS) is 11.4. The number of benzene rings is 2. The van der Waals surface area contributed by atoms with Gasteiger partial charge in [-0.15, -0.1) is 10.2 Å². The third-order valence-electron chi connectivity index (χ3n) is 3.05. The fraction of sp³-hybridized carbons (Fsp3) is 0. The summed E-state index contributed by atoms with van der Waals surface area (Å²) in [6.45, 7) is 0. The SMILES string of the molecule is O=[N+]([O-])c1ccc(/C=C(\F)c2nnc(-c3ccccc3)o2)cc1. The highest BCUT2D eigenvalue weighted by Crippen LogP contribution is 2.24. The Balaban J connectivity index is 1.84. The third kappa shape index (κ3) is 3.29. The number of nitro benzene ring substituents is 1. The summed E-state index contributed by atoms with van der Waals surface area (Å²) in [5.74, 6) is -0.747. The summed E-state index contributed by atoms with van der Waals surface area (Å²) >= 11 is 0. The lowest BCUT2D eigenvalue weighted by Crippen LogP contribution is -1.87. The van der Waals surface area contributed by atoms with Gasteiger partial charge in [0, 0.05) is 17.7 Å². The molecule has 3 aromatic rings. The smallest absolute Gasteiger partial charge is 0.276 e. The minimum atomic E-state index is -0.714. The molecule has 0 aliphatic heterocycles. The molecule has 3 rings (SSSR count). The number of non-ortho nitro benzene ring substituents is 1. The molecule has 0 unspecified atom stereocenters. The van der Waals surface area contributed by atoms with Crippen LogP contribution in [0.1, 0.15) is 11.5 Å². The van der Waals surface area contributed by atoms with Crippen molar-refractivity contribution in [2.75, 3.05) is 0 Å². The zero-order valence-electron chi connectivity index (χ0n) is 11.7. The lowest BCUT2D eigenvalue weighted by molar-refractivity contribution is -0.384. The molecule has 0 spiro atoms. The Morgan fingerprint density at radius 3 is 2.43 bits per heavy atom. The highest BCUT2D eigenvalue weighted by atomic mass is 19.1. The van der Waals surface area contributed by atoms with Gasteiger partial charge in [-0.1, -0.05) is 18.2 Å². The van der Waals surface area contributed by atoms with E-state index in [0.717, 1.165) is 0 Å². The van der Waals surface area contributed by atoms with E-state index in [4.69, 9.17) is 4.42 Å². The van der Waals surface area contributed by atoms with Crippen LogP contribution < -0.4 is 0 Å². The molecule has 6 nitrogen and oxygen atoms in total. The number of nitro groups is 1. The first-order valence-electron chi connectivity index (χ1n) is 6.64. The van der Waals surface area contributed by atoms with Crippen LogP contribution in [0.15, 0.2) is 59.0 Å². The van der Waals surface area contributed by atoms with Gasteiger partial charge in [0.25, 0.3) is 11.6 Å². The van der Waals surface area contributed by atoms with Crippen LogP contribution in [0.25, 0.3) is 23.4 Å². The van der Waals surface area contributed by atoms with Crippen molar-refractivity contribution in [3.8, 4) is 11.5 Å². The Labute approximate surface area is 130 Å². The van der Waals surface area contributed by atoms with Crippen LogP contribution in [0.5, 0.6) is 0 Å². The van der Waals surface area contributed by atoms with Crippen molar-refractivity contribution in [2.45, 2.75) is 0 Å². The molecule has 0 aliphatic carbocycles. The summed E-state index contributed by atoms with van der Waals surface area (Å²) in [4.78, 5) is 10.1. The molecule has 1 aromatic heterocycles. The van der Waals surface area contributed by atoms with Crippen LogP contribution in [0.2, 0.25) is 0 Å². The second-order valence-electron chi connectivity index (χ2n) is 4.62. The molecule has 7 heteroatoms. The maximum absolute atomic E-state index is 14.1. The van der Waals surface area contributed by atoms with Crippen molar-refractivity contribution in [1.82, 2.24) is 10.2 Å². The lowest BCUT2D eigenvalue weighted by atomic mass is 10.2. The van der Waals surface area contributed by atoms with Gasteiger partial charge in [-0.3, -0.25) is 10.1 Å². The highest BCUT2D eigenvalue weighted by Gasteiger charge is 2.12. The fourth-order valence-corrected chi connectivity index (χ4v) is 1.92. The number of hydrogen-bond donors (Lipinski definition) is 0. The van der Waals surface area contributed by atoms with Crippen molar-refractivity contribution >= 4 is 17.6 Å². The number of rotatable bonds is 4. The predicted molar refractivity (Wildman–Crippen MR) is 81.8 cm³/mol. The van der Waals surface area contributed by atoms with E-state index in [-0.39, 0.29) is 17.5 Å². The van der Waals surface area contributed by atoms with E-state index >= 15 is 0 Å². The molecule has 0 saturated carbocycles. The highest BCUT2D eigenvalue weighted by molar-refractivity contribution is 5.73. The maximum Gasteiger partial charge on any atom is 0.276 e. The first-order chi connectivity index (χ1) is 11.1. The van der Waals surface area contributed by atoms with E-state index in [1.165, 1.54) is 30.3 Å². The van der Waals surface area contributed by atoms with E-state index in [9.17, 15) is 14.5 Å². The minimum Gasteiger partial charge on any atom is -0.414 e. The molecule has 0 bridgehead atoms. The van der Waals surface area contributed by atoms with Crippen molar-refractivity contribution < 1.29 is 13.7 Å². The average molecular weight is 311 g/mol. The average Bonchev–Trinajstić information content (AvgIpc) is 3.06. The predicted octanol–water partition coefficient (Wildman–Crippen LogP) is 4.11. The summed E-state index contributed by atoms with van der Waals surface area (Å²) in [5.41, 5.74) is 1.08. The summed E-state index contributed by atoms with van der Waals surface area (Å²) in [7, 11) is 0. The molecule has 0 aliphatic rings. The quantitative estimate of drug-likeness (QED) is 0.535. The van der Waals surface area contributed by atoms with Crippen LogP contribution in [0, 0.1) is 10.1 Å². The van der Waals surface area contributed by atoms with E-state index in [1.54, 1.807) is 12.1 Å². The second-order valence-corrected chi connectivity index (χ2v) is 4.62.